The standard InChI is InChI=1S/C14H18N2O/c1-2-7-14(17,10-15)13-5-3-4-11-9-16-8-6-12(11)13/h3-6,8-9,17H,2,7,10,15H2,1H3. The van der Waals surface area contributed by atoms with Gasteiger partial charge >= 0.3 is 0 Å². The number of rotatable bonds is 4. The van der Waals surface area contributed by atoms with Crippen LogP contribution in [0.2, 0.25) is 0 Å². The zero-order valence-electron chi connectivity index (χ0n) is 10.1. The first kappa shape index (κ1) is 12.0. The maximum absolute atomic E-state index is 10.6. The fraction of sp³-hybridized carbons (Fsp3) is 0.357. The van der Waals surface area contributed by atoms with Crippen LogP contribution in [0.1, 0.15) is 25.3 Å². The Morgan fingerprint density at radius 3 is 2.88 bits per heavy atom. The summed E-state index contributed by atoms with van der Waals surface area (Å²) >= 11 is 0. The molecule has 1 unspecified atom stereocenters. The summed E-state index contributed by atoms with van der Waals surface area (Å²) in [6, 6.07) is 7.82. The molecular formula is C14H18N2O. The monoisotopic (exact) mass is 230 g/mol. The van der Waals surface area contributed by atoms with E-state index in [0.29, 0.717) is 6.42 Å². The van der Waals surface area contributed by atoms with Crippen LogP contribution in [-0.4, -0.2) is 16.6 Å². The van der Waals surface area contributed by atoms with Crippen LogP contribution in [0.15, 0.2) is 36.7 Å². The molecule has 0 aliphatic rings. The van der Waals surface area contributed by atoms with Crippen LogP contribution in [0.3, 0.4) is 0 Å². The maximum Gasteiger partial charge on any atom is 0.102 e. The highest BCUT2D eigenvalue weighted by Crippen LogP contribution is 2.31. The number of fused-ring (bicyclic) bond motifs is 1. The van der Waals surface area contributed by atoms with Gasteiger partial charge in [-0.25, -0.2) is 0 Å². The molecular weight excluding hydrogens is 212 g/mol. The molecule has 0 amide bonds. The third kappa shape index (κ3) is 2.16. The first-order valence-corrected chi connectivity index (χ1v) is 5.97. The van der Waals surface area contributed by atoms with Crippen LogP contribution in [0.5, 0.6) is 0 Å². The molecule has 0 aliphatic carbocycles. The first-order chi connectivity index (χ1) is 8.21. The predicted molar refractivity (Wildman–Crippen MR) is 69.6 cm³/mol. The maximum atomic E-state index is 10.6. The third-order valence-electron chi connectivity index (χ3n) is 3.18. The molecule has 90 valence electrons. The molecule has 3 N–H and O–H groups in total. The molecule has 0 radical (unpaired) electrons. The van der Waals surface area contributed by atoms with E-state index in [0.717, 1.165) is 22.8 Å². The number of hydrogen-bond acceptors (Lipinski definition) is 3. The molecule has 2 rings (SSSR count). The van der Waals surface area contributed by atoms with Crippen LogP contribution in [0, 0.1) is 0 Å². The van der Waals surface area contributed by atoms with Gasteiger partial charge in [-0.1, -0.05) is 31.5 Å². The van der Waals surface area contributed by atoms with E-state index in [4.69, 9.17) is 5.73 Å². The van der Waals surface area contributed by atoms with Crippen molar-refractivity contribution in [1.82, 2.24) is 4.98 Å². The van der Waals surface area contributed by atoms with Crippen LogP contribution in [0.25, 0.3) is 10.8 Å². The summed E-state index contributed by atoms with van der Waals surface area (Å²) in [5.74, 6) is 0. The van der Waals surface area contributed by atoms with Crippen LogP contribution >= 0.6 is 0 Å². The topological polar surface area (TPSA) is 59.1 Å². The summed E-state index contributed by atoms with van der Waals surface area (Å²) in [4.78, 5) is 4.09. The smallest absolute Gasteiger partial charge is 0.102 e. The number of benzene rings is 1. The molecule has 1 aromatic carbocycles. The molecule has 1 atom stereocenters. The van der Waals surface area contributed by atoms with Gasteiger partial charge in [0.05, 0.1) is 0 Å². The fourth-order valence-electron chi connectivity index (χ4n) is 2.29. The molecule has 1 aromatic heterocycles. The van der Waals surface area contributed by atoms with E-state index in [2.05, 4.69) is 4.98 Å². The fourth-order valence-corrected chi connectivity index (χ4v) is 2.29. The third-order valence-corrected chi connectivity index (χ3v) is 3.18. The summed E-state index contributed by atoms with van der Waals surface area (Å²) in [7, 11) is 0. The predicted octanol–water partition coefficient (Wildman–Crippen LogP) is 2.18. The summed E-state index contributed by atoms with van der Waals surface area (Å²) in [5, 5.41) is 12.7. The summed E-state index contributed by atoms with van der Waals surface area (Å²) in [5.41, 5.74) is 5.72. The number of nitrogens with two attached hydrogens (primary N) is 1. The minimum atomic E-state index is -0.935. The zero-order valence-corrected chi connectivity index (χ0v) is 10.1. The lowest BCUT2D eigenvalue weighted by Gasteiger charge is -2.28. The van der Waals surface area contributed by atoms with E-state index >= 15 is 0 Å². The zero-order chi connectivity index (χ0) is 12.3. The highest BCUT2D eigenvalue weighted by molar-refractivity contribution is 5.85. The second-order valence-electron chi connectivity index (χ2n) is 4.39. The molecule has 3 heteroatoms. The van der Waals surface area contributed by atoms with E-state index < -0.39 is 5.60 Å². The van der Waals surface area contributed by atoms with Crippen molar-refractivity contribution in [1.29, 1.82) is 0 Å². The number of aliphatic hydroxyl groups is 1. The Labute approximate surface area is 101 Å². The number of aromatic nitrogens is 1. The Morgan fingerprint density at radius 2 is 2.18 bits per heavy atom. The molecule has 1 heterocycles. The SMILES string of the molecule is CCCC(O)(CN)c1cccc2cnccc12. The van der Waals surface area contributed by atoms with Gasteiger partial charge in [0.1, 0.15) is 5.60 Å². The van der Waals surface area contributed by atoms with Gasteiger partial charge in [0, 0.05) is 24.3 Å². The number of pyridine rings is 1. The van der Waals surface area contributed by atoms with Gasteiger partial charge in [-0.05, 0) is 23.4 Å². The van der Waals surface area contributed by atoms with Gasteiger partial charge in [0.15, 0.2) is 0 Å². The highest BCUT2D eigenvalue weighted by Gasteiger charge is 2.28. The number of hydrogen-bond donors (Lipinski definition) is 2. The minimum Gasteiger partial charge on any atom is -0.384 e. The van der Waals surface area contributed by atoms with Crippen molar-refractivity contribution in [2.75, 3.05) is 6.54 Å². The van der Waals surface area contributed by atoms with Crippen LogP contribution < -0.4 is 5.73 Å². The van der Waals surface area contributed by atoms with Crippen molar-refractivity contribution >= 4 is 10.8 Å². The van der Waals surface area contributed by atoms with Crippen LogP contribution in [0.4, 0.5) is 0 Å². The van der Waals surface area contributed by atoms with E-state index in [1.54, 1.807) is 6.20 Å². The molecule has 0 saturated carbocycles. The molecule has 3 nitrogen and oxygen atoms in total. The van der Waals surface area contributed by atoms with Crippen molar-refractivity contribution in [2.24, 2.45) is 5.73 Å². The number of nitrogens with zero attached hydrogens (tertiary/aromatic N) is 1. The minimum absolute atomic E-state index is 0.238. The largest absolute Gasteiger partial charge is 0.384 e. The Kier molecular flexibility index (Phi) is 3.41. The van der Waals surface area contributed by atoms with E-state index in [9.17, 15) is 5.11 Å². The normalized spacial score (nSPS) is 14.8. The molecule has 0 fully saturated rings. The molecule has 0 saturated heterocycles. The van der Waals surface area contributed by atoms with Crippen LogP contribution in [-0.2, 0) is 5.60 Å². The quantitative estimate of drug-likeness (QED) is 0.846. The molecule has 0 bridgehead atoms. The van der Waals surface area contributed by atoms with Gasteiger partial charge < -0.3 is 10.8 Å². The average molecular weight is 230 g/mol. The second kappa shape index (κ2) is 4.82. The first-order valence-electron chi connectivity index (χ1n) is 5.97. The lowest BCUT2D eigenvalue weighted by atomic mass is 9.86. The Balaban J connectivity index is 2.61. The lowest BCUT2D eigenvalue weighted by molar-refractivity contribution is 0.0374. The van der Waals surface area contributed by atoms with Crippen molar-refractivity contribution in [2.45, 2.75) is 25.4 Å². The van der Waals surface area contributed by atoms with Gasteiger partial charge in [-0.3, -0.25) is 4.98 Å². The van der Waals surface area contributed by atoms with Crippen molar-refractivity contribution in [3.8, 4) is 0 Å². The van der Waals surface area contributed by atoms with Gasteiger partial charge in [-0.2, -0.15) is 0 Å². The van der Waals surface area contributed by atoms with Crippen molar-refractivity contribution in [3.63, 3.8) is 0 Å². The van der Waals surface area contributed by atoms with Gasteiger partial charge in [-0.15, -0.1) is 0 Å². The lowest BCUT2D eigenvalue weighted by Crippen LogP contribution is -2.34. The molecule has 2 aromatic rings. The van der Waals surface area contributed by atoms with E-state index in [1.165, 1.54) is 0 Å². The highest BCUT2D eigenvalue weighted by atomic mass is 16.3. The second-order valence-corrected chi connectivity index (χ2v) is 4.39. The van der Waals surface area contributed by atoms with E-state index in [-0.39, 0.29) is 6.54 Å². The molecule has 0 aliphatic heterocycles. The summed E-state index contributed by atoms with van der Waals surface area (Å²) in [6.07, 6.45) is 5.12. The van der Waals surface area contributed by atoms with Crippen molar-refractivity contribution in [3.05, 3.63) is 42.2 Å². The summed E-state index contributed by atoms with van der Waals surface area (Å²) in [6.45, 7) is 2.29. The average Bonchev–Trinajstić information content (AvgIpc) is 2.38. The molecule has 0 spiro atoms. The molecule has 17 heavy (non-hydrogen) atoms. The Hall–Kier alpha value is -1.45. The van der Waals surface area contributed by atoms with Gasteiger partial charge in [0.2, 0.25) is 0 Å². The Morgan fingerprint density at radius 1 is 1.35 bits per heavy atom. The van der Waals surface area contributed by atoms with E-state index in [1.807, 2.05) is 37.4 Å². The van der Waals surface area contributed by atoms with Crippen molar-refractivity contribution < 1.29 is 5.11 Å². The Bertz CT molecular complexity index is 507. The van der Waals surface area contributed by atoms with Gasteiger partial charge in [0.25, 0.3) is 0 Å². The summed E-state index contributed by atoms with van der Waals surface area (Å²) < 4.78 is 0.